The Morgan fingerprint density at radius 1 is 0.926 bits per heavy atom. The molecular formula is C21H24N2O4. The van der Waals surface area contributed by atoms with Crippen molar-refractivity contribution in [3.63, 3.8) is 0 Å². The average molecular weight is 368 g/mol. The zero-order chi connectivity index (χ0) is 19.1. The molecule has 142 valence electrons. The summed E-state index contributed by atoms with van der Waals surface area (Å²) in [7, 11) is 1.37. The third kappa shape index (κ3) is 5.00. The van der Waals surface area contributed by atoms with Crippen molar-refractivity contribution in [3.05, 3.63) is 60.2 Å². The first-order valence-corrected chi connectivity index (χ1v) is 9.06. The van der Waals surface area contributed by atoms with Crippen LogP contribution in [0.4, 0.5) is 5.69 Å². The van der Waals surface area contributed by atoms with Gasteiger partial charge in [0.15, 0.2) is 0 Å². The summed E-state index contributed by atoms with van der Waals surface area (Å²) in [6.07, 6.45) is 0.378. The van der Waals surface area contributed by atoms with E-state index in [1.54, 1.807) is 12.1 Å². The smallest absolute Gasteiger partial charge is 0.337 e. The van der Waals surface area contributed by atoms with E-state index < -0.39 is 0 Å². The van der Waals surface area contributed by atoms with Crippen LogP contribution in [0.2, 0.25) is 0 Å². The van der Waals surface area contributed by atoms with Crippen LogP contribution >= 0.6 is 0 Å². The van der Waals surface area contributed by atoms with Gasteiger partial charge in [-0.25, -0.2) is 4.79 Å². The maximum atomic E-state index is 12.4. The Labute approximate surface area is 159 Å². The molecule has 1 aliphatic heterocycles. The Morgan fingerprint density at radius 3 is 2.22 bits per heavy atom. The highest BCUT2D eigenvalue weighted by molar-refractivity contribution is 5.89. The fraction of sp³-hybridized carbons (Fsp3) is 0.333. The standard InChI is InChI=1S/C21H24N2O4/c1-26-21(25)17-7-9-18(10-8-17)22-12-14-23(15-13-22)20(24)11-16-27-19-5-3-2-4-6-19/h2-10H,11-16H2,1H3. The third-order valence-electron chi connectivity index (χ3n) is 4.61. The van der Waals surface area contributed by atoms with E-state index in [4.69, 9.17) is 9.47 Å². The van der Waals surface area contributed by atoms with Crippen LogP contribution in [0, 0.1) is 0 Å². The Hall–Kier alpha value is -3.02. The molecule has 0 unspecified atom stereocenters. The summed E-state index contributed by atoms with van der Waals surface area (Å²) < 4.78 is 10.3. The molecule has 0 spiro atoms. The van der Waals surface area contributed by atoms with Crippen molar-refractivity contribution in [2.75, 3.05) is 44.8 Å². The number of esters is 1. The van der Waals surface area contributed by atoms with E-state index in [0.717, 1.165) is 24.5 Å². The van der Waals surface area contributed by atoms with Crippen LogP contribution in [0.25, 0.3) is 0 Å². The molecule has 0 N–H and O–H groups in total. The minimum absolute atomic E-state index is 0.117. The summed E-state index contributed by atoms with van der Waals surface area (Å²) in [5, 5.41) is 0. The molecule has 1 heterocycles. The molecule has 1 aliphatic rings. The number of hydrogen-bond acceptors (Lipinski definition) is 5. The van der Waals surface area contributed by atoms with Crippen LogP contribution in [0.1, 0.15) is 16.8 Å². The topological polar surface area (TPSA) is 59.1 Å². The molecule has 0 radical (unpaired) electrons. The van der Waals surface area contributed by atoms with Gasteiger partial charge >= 0.3 is 5.97 Å². The zero-order valence-corrected chi connectivity index (χ0v) is 15.5. The van der Waals surface area contributed by atoms with Gasteiger partial charge in [-0.1, -0.05) is 18.2 Å². The molecule has 2 aromatic rings. The number of methoxy groups -OCH3 is 1. The molecule has 0 aromatic heterocycles. The molecule has 6 heteroatoms. The van der Waals surface area contributed by atoms with Gasteiger partial charge in [-0.05, 0) is 36.4 Å². The lowest BCUT2D eigenvalue weighted by atomic mass is 10.2. The van der Waals surface area contributed by atoms with E-state index in [9.17, 15) is 9.59 Å². The second-order valence-electron chi connectivity index (χ2n) is 6.32. The summed E-state index contributed by atoms with van der Waals surface area (Å²) in [6.45, 7) is 3.29. The van der Waals surface area contributed by atoms with Gasteiger partial charge in [0, 0.05) is 31.9 Å². The molecule has 0 saturated carbocycles. The lowest BCUT2D eigenvalue weighted by Gasteiger charge is -2.36. The van der Waals surface area contributed by atoms with Crippen LogP contribution in [-0.2, 0) is 9.53 Å². The first-order valence-electron chi connectivity index (χ1n) is 9.06. The van der Waals surface area contributed by atoms with Gasteiger partial charge in [0.05, 0.1) is 25.7 Å². The third-order valence-corrected chi connectivity index (χ3v) is 4.61. The molecule has 3 rings (SSSR count). The summed E-state index contributed by atoms with van der Waals surface area (Å²) in [6, 6.07) is 16.9. The van der Waals surface area contributed by atoms with E-state index >= 15 is 0 Å². The van der Waals surface area contributed by atoms with Gasteiger partial charge in [-0.2, -0.15) is 0 Å². The largest absolute Gasteiger partial charge is 0.493 e. The lowest BCUT2D eigenvalue weighted by Crippen LogP contribution is -2.49. The predicted octanol–water partition coefficient (Wildman–Crippen LogP) is 2.59. The first-order chi connectivity index (χ1) is 13.2. The predicted molar refractivity (Wildman–Crippen MR) is 103 cm³/mol. The number of anilines is 1. The Kier molecular flexibility index (Phi) is 6.30. The molecule has 0 aliphatic carbocycles. The van der Waals surface area contributed by atoms with E-state index in [0.29, 0.717) is 31.7 Å². The van der Waals surface area contributed by atoms with Gasteiger partial charge in [-0.3, -0.25) is 4.79 Å². The van der Waals surface area contributed by atoms with Crippen LogP contribution in [-0.4, -0.2) is 56.7 Å². The van der Waals surface area contributed by atoms with Crippen molar-refractivity contribution in [3.8, 4) is 5.75 Å². The van der Waals surface area contributed by atoms with Crippen molar-refractivity contribution in [2.24, 2.45) is 0 Å². The van der Waals surface area contributed by atoms with Crippen LogP contribution in [0.3, 0.4) is 0 Å². The molecule has 27 heavy (non-hydrogen) atoms. The summed E-state index contributed by atoms with van der Waals surface area (Å²) in [5.74, 6) is 0.562. The molecule has 1 saturated heterocycles. The molecule has 1 fully saturated rings. The maximum Gasteiger partial charge on any atom is 0.337 e. The van der Waals surface area contributed by atoms with Gasteiger partial charge in [0.2, 0.25) is 5.91 Å². The van der Waals surface area contributed by atoms with Crippen LogP contribution in [0.5, 0.6) is 5.75 Å². The number of carbonyl (C=O) groups is 2. The van der Waals surface area contributed by atoms with Crippen molar-refractivity contribution in [1.82, 2.24) is 4.90 Å². The quantitative estimate of drug-likeness (QED) is 0.734. The average Bonchev–Trinajstić information content (AvgIpc) is 2.74. The fourth-order valence-corrected chi connectivity index (χ4v) is 3.07. The molecular weight excluding hydrogens is 344 g/mol. The normalized spacial score (nSPS) is 14.0. The van der Waals surface area contributed by atoms with Crippen LogP contribution in [0.15, 0.2) is 54.6 Å². The Morgan fingerprint density at radius 2 is 1.59 bits per heavy atom. The van der Waals surface area contributed by atoms with Crippen molar-refractivity contribution >= 4 is 17.6 Å². The molecule has 1 amide bonds. The zero-order valence-electron chi connectivity index (χ0n) is 15.5. The first kappa shape index (κ1) is 18.8. The summed E-state index contributed by atoms with van der Waals surface area (Å²) >= 11 is 0. The van der Waals surface area contributed by atoms with Crippen molar-refractivity contribution < 1.29 is 19.1 Å². The number of ether oxygens (including phenoxy) is 2. The highest BCUT2D eigenvalue weighted by Crippen LogP contribution is 2.18. The number of benzene rings is 2. The van der Waals surface area contributed by atoms with Crippen LogP contribution < -0.4 is 9.64 Å². The monoisotopic (exact) mass is 368 g/mol. The second-order valence-corrected chi connectivity index (χ2v) is 6.32. The number of hydrogen-bond donors (Lipinski definition) is 0. The van der Waals surface area contributed by atoms with Gasteiger partial charge < -0.3 is 19.3 Å². The molecule has 0 atom stereocenters. The number of nitrogens with zero attached hydrogens (tertiary/aromatic N) is 2. The molecule has 0 bridgehead atoms. The van der Waals surface area contributed by atoms with Gasteiger partial charge in [-0.15, -0.1) is 0 Å². The van der Waals surface area contributed by atoms with Gasteiger partial charge in [0.25, 0.3) is 0 Å². The number of rotatable bonds is 6. The van der Waals surface area contributed by atoms with Gasteiger partial charge in [0.1, 0.15) is 5.75 Å². The van der Waals surface area contributed by atoms with E-state index in [1.807, 2.05) is 47.4 Å². The Balaban J connectivity index is 1.44. The SMILES string of the molecule is COC(=O)c1ccc(N2CCN(C(=O)CCOc3ccccc3)CC2)cc1. The summed E-state index contributed by atoms with van der Waals surface area (Å²) in [4.78, 5) is 28.0. The number of para-hydroxylation sites is 1. The van der Waals surface area contributed by atoms with Crippen molar-refractivity contribution in [1.29, 1.82) is 0 Å². The number of carbonyl (C=O) groups excluding carboxylic acids is 2. The second kappa shape index (κ2) is 9.07. The lowest BCUT2D eigenvalue weighted by molar-refractivity contribution is -0.132. The minimum atomic E-state index is -0.338. The van der Waals surface area contributed by atoms with E-state index in [2.05, 4.69) is 4.90 Å². The summed E-state index contributed by atoms with van der Waals surface area (Å²) in [5.41, 5.74) is 1.58. The number of amides is 1. The fourth-order valence-electron chi connectivity index (χ4n) is 3.07. The molecule has 2 aromatic carbocycles. The number of piperazine rings is 1. The Bertz CT molecular complexity index is 754. The van der Waals surface area contributed by atoms with E-state index in [1.165, 1.54) is 7.11 Å². The highest BCUT2D eigenvalue weighted by Gasteiger charge is 2.21. The maximum absolute atomic E-state index is 12.4. The van der Waals surface area contributed by atoms with Crippen molar-refractivity contribution in [2.45, 2.75) is 6.42 Å². The minimum Gasteiger partial charge on any atom is -0.493 e. The highest BCUT2D eigenvalue weighted by atomic mass is 16.5. The molecule has 6 nitrogen and oxygen atoms in total. The van der Waals surface area contributed by atoms with E-state index in [-0.39, 0.29) is 11.9 Å².